The van der Waals surface area contributed by atoms with Crippen molar-refractivity contribution in [2.45, 2.75) is 18.9 Å². The molecule has 134 valence electrons. The molecule has 0 spiro atoms. The molecule has 0 fully saturated rings. The molecule has 0 aliphatic rings. The van der Waals surface area contributed by atoms with Crippen LogP contribution in [0.5, 0.6) is 0 Å². The van der Waals surface area contributed by atoms with Gasteiger partial charge in [0.2, 0.25) is 0 Å². The van der Waals surface area contributed by atoms with Crippen LogP contribution in [0, 0.1) is 6.57 Å². The van der Waals surface area contributed by atoms with Gasteiger partial charge in [-0.2, -0.15) is 26.3 Å². The van der Waals surface area contributed by atoms with Crippen LogP contribution in [0.25, 0.3) is 4.85 Å². The summed E-state index contributed by atoms with van der Waals surface area (Å²) in [4.78, 5) is 4.15. The van der Waals surface area contributed by atoms with Gasteiger partial charge in [-0.1, -0.05) is 6.07 Å². The van der Waals surface area contributed by atoms with Gasteiger partial charge in [-0.15, -0.1) is 11.3 Å². The number of rotatable bonds is 4. The fourth-order valence-corrected chi connectivity index (χ4v) is 3.62. The van der Waals surface area contributed by atoms with Gasteiger partial charge < -0.3 is 4.90 Å². The van der Waals surface area contributed by atoms with E-state index in [-0.39, 0.29) is 12.2 Å². The van der Waals surface area contributed by atoms with E-state index in [0.717, 1.165) is 17.0 Å². The van der Waals surface area contributed by atoms with E-state index >= 15 is 0 Å². The molecule has 25 heavy (non-hydrogen) atoms. The Bertz CT molecular complexity index is 791. The van der Waals surface area contributed by atoms with Gasteiger partial charge in [0.1, 0.15) is 6.54 Å². The highest BCUT2D eigenvalue weighted by Gasteiger charge is 2.35. The van der Waals surface area contributed by atoms with Gasteiger partial charge in [0, 0.05) is 10.6 Å². The number of benzene rings is 1. The second-order valence-electron chi connectivity index (χ2n) is 4.99. The minimum absolute atomic E-state index is 0.204. The molecular weight excluding hydrogens is 434 g/mol. The molecule has 0 N–H and O–H groups in total. The molecule has 0 saturated carbocycles. The average molecular weight is 443 g/mol. The van der Waals surface area contributed by atoms with Crippen LogP contribution in [0.1, 0.15) is 10.4 Å². The van der Waals surface area contributed by atoms with Crippen molar-refractivity contribution in [2.24, 2.45) is 0 Å². The quantitative estimate of drug-likeness (QED) is 0.379. The average Bonchev–Trinajstić information content (AvgIpc) is 2.89. The predicted octanol–water partition coefficient (Wildman–Crippen LogP) is 6.65. The predicted molar refractivity (Wildman–Crippen MR) is 86.8 cm³/mol. The molecule has 0 radical (unpaired) electrons. The Balaban J connectivity index is 2.44. The molecule has 0 atom stereocenters. The number of thiophene rings is 1. The minimum Gasteiger partial charge on any atom is -0.357 e. The molecule has 2 aromatic rings. The van der Waals surface area contributed by atoms with Crippen LogP contribution in [0.2, 0.25) is 0 Å². The maximum atomic E-state index is 13.1. The highest BCUT2D eigenvalue weighted by molar-refractivity contribution is 9.11. The molecule has 0 unspecified atom stereocenters. The third kappa shape index (κ3) is 5.37. The zero-order valence-corrected chi connectivity index (χ0v) is 14.7. The highest BCUT2D eigenvalue weighted by Crippen LogP contribution is 2.39. The zero-order chi connectivity index (χ0) is 18.8. The monoisotopic (exact) mass is 442 g/mol. The summed E-state index contributed by atoms with van der Waals surface area (Å²) in [6.07, 6.45) is -9.42. The van der Waals surface area contributed by atoms with E-state index in [2.05, 4.69) is 20.8 Å². The molecule has 0 saturated heterocycles. The van der Waals surface area contributed by atoms with Crippen molar-refractivity contribution in [3.05, 3.63) is 56.0 Å². The van der Waals surface area contributed by atoms with Crippen molar-refractivity contribution in [3.8, 4) is 0 Å². The summed E-state index contributed by atoms with van der Waals surface area (Å²) < 4.78 is 78.5. The number of hydrogen-bond donors (Lipinski definition) is 0. The summed E-state index contributed by atoms with van der Waals surface area (Å²) in [7, 11) is 0. The first-order chi connectivity index (χ1) is 11.5. The molecule has 2 nitrogen and oxygen atoms in total. The topological polar surface area (TPSA) is 7.60 Å². The maximum Gasteiger partial charge on any atom is 0.407 e. The molecule has 0 aliphatic heterocycles. The van der Waals surface area contributed by atoms with E-state index in [4.69, 9.17) is 6.57 Å². The summed E-state index contributed by atoms with van der Waals surface area (Å²) in [5, 5.41) is 0. The smallest absolute Gasteiger partial charge is 0.357 e. The summed E-state index contributed by atoms with van der Waals surface area (Å²) >= 11 is 4.38. The van der Waals surface area contributed by atoms with E-state index in [1.54, 1.807) is 12.1 Å². The van der Waals surface area contributed by atoms with Crippen LogP contribution in [-0.2, 0) is 12.7 Å². The first-order valence-electron chi connectivity index (χ1n) is 6.64. The Morgan fingerprint density at radius 3 is 2.24 bits per heavy atom. The SMILES string of the molecule is [C-]#[N+]c1ccc(N(Cc2ccc(Br)s2)CC(F)(F)F)cc1C(F)(F)F. The molecule has 2 rings (SSSR count). The lowest BCUT2D eigenvalue weighted by atomic mass is 10.1. The lowest BCUT2D eigenvalue weighted by molar-refractivity contribution is -0.136. The first-order valence-corrected chi connectivity index (χ1v) is 8.25. The Kier molecular flexibility index (Phi) is 5.68. The lowest BCUT2D eigenvalue weighted by Crippen LogP contribution is -2.33. The van der Waals surface area contributed by atoms with Crippen LogP contribution in [-0.4, -0.2) is 12.7 Å². The Hall–Kier alpha value is -1.73. The highest BCUT2D eigenvalue weighted by atomic mass is 79.9. The van der Waals surface area contributed by atoms with Crippen molar-refractivity contribution in [1.82, 2.24) is 0 Å². The van der Waals surface area contributed by atoms with E-state index in [0.29, 0.717) is 14.7 Å². The van der Waals surface area contributed by atoms with Crippen molar-refractivity contribution in [3.63, 3.8) is 0 Å². The number of anilines is 1. The van der Waals surface area contributed by atoms with Gasteiger partial charge in [0.25, 0.3) is 0 Å². The summed E-state index contributed by atoms with van der Waals surface area (Å²) in [6.45, 7) is 5.19. The molecule has 10 heteroatoms. The Morgan fingerprint density at radius 1 is 1.08 bits per heavy atom. The molecule has 0 bridgehead atoms. The van der Waals surface area contributed by atoms with Crippen LogP contribution in [0.4, 0.5) is 37.7 Å². The van der Waals surface area contributed by atoms with E-state index in [1.807, 2.05) is 0 Å². The van der Waals surface area contributed by atoms with E-state index in [9.17, 15) is 26.3 Å². The van der Waals surface area contributed by atoms with Crippen LogP contribution < -0.4 is 4.90 Å². The second-order valence-corrected chi connectivity index (χ2v) is 7.54. The summed E-state index contributed by atoms with van der Waals surface area (Å²) in [5.41, 5.74) is -2.15. The van der Waals surface area contributed by atoms with Crippen LogP contribution >= 0.6 is 27.3 Å². The molecule has 1 aromatic carbocycles. The van der Waals surface area contributed by atoms with Gasteiger partial charge in [-0.3, -0.25) is 0 Å². The Morgan fingerprint density at radius 2 is 1.76 bits per heavy atom. The third-order valence-electron chi connectivity index (χ3n) is 3.12. The standard InChI is InChI=1S/C15H9BrF6N2S/c1-23-12-4-2-9(6-11(12)15(20,21)22)24(8-14(17,18)19)7-10-3-5-13(16)25-10/h2-6H,7-8H2. The third-order valence-corrected chi connectivity index (χ3v) is 4.73. The van der Waals surface area contributed by atoms with Gasteiger partial charge in [-0.05, 0) is 40.2 Å². The molecule has 0 amide bonds. The van der Waals surface area contributed by atoms with Gasteiger partial charge in [0.15, 0.2) is 5.69 Å². The maximum absolute atomic E-state index is 13.1. The minimum atomic E-state index is -4.83. The fourth-order valence-electron chi connectivity index (χ4n) is 2.12. The fraction of sp³-hybridized carbons (Fsp3) is 0.267. The van der Waals surface area contributed by atoms with Gasteiger partial charge in [-0.25, -0.2) is 4.85 Å². The van der Waals surface area contributed by atoms with E-state index in [1.165, 1.54) is 11.3 Å². The first kappa shape index (κ1) is 19.6. The van der Waals surface area contributed by atoms with E-state index < -0.39 is 30.1 Å². The number of hydrogen-bond acceptors (Lipinski definition) is 2. The number of nitrogens with zero attached hydrogens (tertiary/aromatic N) is 2. The van der Waals surface area contributed by atoms with Crippen LogP contribution in [0.15, 0.2) is 34.1 Å². The summed E-state index contributed by atoms with van der Waals surface area (Å²) in [6, 6.07) is 5.81. The number of alkyl halides is 6. The lowest BCUT2D eigenvalue weighted by Gasteiger charge is -2.26. The van der Waals surface area contributed by atoms with Gasteiger partial charge >= 0.3 is 12.4 Å². The van der Waals surface area contributed by atoms with Crippen molar-refractivity contribution < 1.29 is 26.3 Å². The second kappa shape index (κ2) is 7.25. The largest absolute Gasteiger partial charge is 0.407 e. The molecule has 1 aromatic heterocycles. The molecule has 1 heterocycles. The Labute approximate surface area is 151 Å². The van der Waals surface area contributed by atoms with Crippen molar-refractivity contribution in [2.75, 3.05) is 11.4 Å². The van der Waals surface area contributed by atoms with Crippen LogP contribution in [0.3, 0.4) is 0 Å². The van der Waals surface area contributed by atoms with Crippen molar-refractivity contribution >= 4 is 38.6 Å². The normalized spacial score (nSPS) is 12.1. The number of halogens is 7. The molecular formula is C15H9BrF6N2S. The van der Waals surface area contributed by atoms with Crippen molar-refractivity contribution in [1.29, 1.82) is 0 Å². The van der Waals surface area contributed by atoms with Gasteiger partial charge in [0.05, 0.1) is 22.5 Å². The summed E-state index contributed by atoms with van der Waals surface area (Å²) in [5.74, 6) is 0. The molecule has 0 aliphatic carbocycles. The zero-order valence-electron chi connectivity index (χ0n) is 12.2.